The number of fused-ring (bicyclic) bond motifs is 1. The van der Waals surface area contributed by atoms with Crippen LogP contribution in [0.4, 0.5) is 23.1 Å². The van der Waals surface area contributed by atoms with Gasteiger partial charge in [0.2, 0.25) is 11.9 Å². The number of ether oxygens (including phenoxy) is 1. The van der Waals surface area contributed by atoms with Gasteiger partial charge in [0.15, 0.2) is 5.82 Å². The number of methoxy groups -OCH3 is 1. The van der Waals surface area contributed by atoms with E-state index in [1.54, 1.807) is 37.4 Å². The van der Waals surface area contributed by atoms with E-state index >= 15 is 0 Å². The summed E-state index contributed by atoms with van der Waals surface area (Å²) in [5.74, 6) is 2.34. The van der Waals surface area contributed by atoms with E-state index in [-0.39, 0.29) is 17.9 Å². The maximum absolute atomic E-state index is 12.8. The zero-order valence-electron chi connectivity index (χ0n) is 21.3. The third kappa shape index (κ3) is 5.38. The van der Waals surface area contributed by atoms with Crippen molar-refractivity contribution in [2.24, 2.45) is 5.92 Å². The maximum Gasteiger partial charge on any atom is 0.251 e. The lowest BCUT2D eigenvalue weighted by molar-refractivity contribution is -0.118. The molecule has 3 aliphatic rings. The van der Waals surface area contributed by atoms with Gasteiger partial charge in [-0.25, -0.2) is 4.98 Å². The number of nitrogens with one attached hydrogen (secondary N) is 2. The van der Waals surface area contributed by atoms with Crippen LogP contribution in [0.25, 0.3) is 0 Å². The number of aromatic nitrogens is 2. The van der Waals surface area contributed by atoms with Crippen LogP contribution in [0.1, 0.15) is 42.5 Å². The van der Waals surface area contributed by atoms with Gasteiger partial charge in [-0.15, -0.1) is 0 Å². The van der Waals surface area contributed by atoms with E-state index in [9.17, 15) is 9.59 Å². The number of carbonyl (C=O) groups excluding carboxylic acids is 2. The Bertz CT molecular complexity index is 1130. The topological polar surface area (TPSA) is 103 Å². The zero-order chi connectivity index (χ0) is 25.2. The van der Waals surface area contributed by atoms with Crippen molar-refractivity contribution in [3.8, 4) is 5.75 Å². The third-order valence-electron chi connectivity index (χ3n) is 7.32. The highest BCUT2D eigenvalue weighted by Crippen LogP contribution is 2.36. The van der Waals surface area contributed by atoms with Crippen molar-refractivity contribution >= 4 is 35.0 Å². The summed E-state index contributed by atoms with van der Waals surface area (Å²) in [5.41, 5.74) is 1.94. The molecule has 2 amide bonds. The average molecular weight is 494 g/mol. The number of benzene rings is 1. The van der Waals surface area contributed by atoms with Crippen molar-refractivity contribution in [1.29, 1.82) is 0 Å². The standard InChI is InChI=1S/C26H35N7O3/c1-31-11-8-19(9-12-31)28-25(35)18-6-7-20(22(14-18)36-3)29-26-27-15-21-24(30-26)33(16-17-4-5-17)13-10-23(34)32(21)2/h6-7,14-15,17,19H,4-5,8-13,16H2,1-3H3,(H,28,35)(H,27,29,30). The lowest BCUT2D eigenvalue weighted by atomic mass is 10.0. The fraction of sp³-hybridized carbons (Fsp3) is 0.538. The zero-order valence-corrected chi connectivity index (χ0v) is 21.3. The minimum absolute atomic E-state index is 0.0645. The molecule has 5 rings (SSSR count). The highest BCUT2D eigenvalue weighted by atomic mass is 16.5. The molecule has 1 saturated heterocycles. The van der Waals surface area contributed by atoms with Gasteiger partial charge in [0.1, 0.15) is 11.4 Å². The highest BCUT2D eigenvalue weighted by Gasteiger charge is 2.31. The lowest BCUT2D eigenvalue weighted by Crippen LogP contribution is -2.43. The Hall–Kier alpha value is -3.40. The predicted molar refractivity (Wildman–Crippen MR) is 139 cm³/mol. The van der Waals surface area contributed by atoms with Gasteiger partial charge in [-0.3, -0.25) is 9.59 Å². The van der Waals surface area contributed by atoms with E-state index in [0.717, 1.165) is 44.0 Å². The molecule has 0 radical (unpaired) electrons. The second-order valence-electron chi connectivity index (χ2n) is 10.1. The Morgan fingerprint density at radius 1 is 1.14 bits per heavy atom. The van der Waals surface area contributed by atoms with E-state index in [4.69, 9.17) is 9.72 Å². The van der Waals surface area contributed by atoms with Crippen molar-refractivity contribution in [3.63, 3.8) is 0 Å². The van der Waals surface area contributed by atoms with E-state index in [1.807, 2.05) is 6.07 Å². The Kier molecular flexibility index (Phi) is 6.95. The molecule has 1 aromatic carbocycles. The molecule has 2 N–H and O–H groups in total. The highest BCUT2D eigenvalue weighted by molar-refractivity contribution is 5.97. The monoisotopic (exact) mass is 493 g/mol. The van der Waals surface area contributed by atoms with Crippen molar-refractivity contribution < 1.29 is 14.3 Å². The second-order valence-corrected chi connectivity index (χ2v) is 10.1. The smallest absolute Gasteiger partial charge is 0.251 e. The van der Waals surface area contributed by atoms with Crippen LogP contribution in [-0.2, 0) is 4.79 Å². The Balaban J connectivity index is 1.34. The quantitative estimate of drug-likeness (QED) is 0.607. The number of hydrogen-bond donors (Lipinski definition) is 2. The summed E-state index contributed by atoms with van der Waals surface area (Å²) in [7, 11) is 5.45. The van der Waals surface area contributed by atoms with Crippen molar-refractivity contribution in [2.75, 3.05) is 62.5 Å². The van der Waals surface area contributed by atoms with E-state index in [1.165, 1.54) is 12.8 Å². The first-order valence-electron chi connectivity index (χ1n) is 12.7. The summed E-state index contributed by atoms with van der Waals surface area (Å²) < 4.78 is 5.59. The number of likely N-dealkylation sites (tertiary alicyclic amines) is 1. The fourth-order valence-electron chi connectivity index (χ4n) is 4.80. The number of amides is 2. The van der Waals surface area contributed by atoms with Gasteiger partial charge >= 0.3 is 0 Å². The summed E-state index contributed by atoms with van der Waals surface area (Å²) >= 11 is 0. The maximum atomic E-state index is 12.8. The molecule has 3 heterocycles. The number of nitrogens with zero attached hydrogens (tertiary/aromatic N) is 5. The van der Waals surface area contributed by atoms with Crippen molar-refractivity contribution in [3.05, 3.63) is 30.0 Å². The number of anilines is 4. The molecule has 36 heavy (non-hydrogen) atoms. The Morgan fingerprint density at radius 3 is 2.64 bits per heavy atom. The average Bonchev–Trinajstić information content (AvgIpc) is 3.72. The molecule has 2 aliphatic heterocycles. The van der Waals surface area contributed by atoms with Gasteiger partial charge in [-0.05, 0) is 69.9 Å². The summed E-state index contributed by atoms with van der Waals surface area (Å²) in [5, 5.41) is 6.39. The molecule has 10 nitrogen and oxygen atoms in total. The van der Waals surface area contributed by atoms with Gasteiger partial charge in [-0.1, -0.05) is 0 Å². The predicted octanol–water partition coefficient (Wildman–Crippen LogP) is 2.64. The largest absolute Gasteiger partial charge is 0.495 e. The van der Waals surface area contributed by atoms with Gasteiger partial charge < -0.3 is 30.1 Å². The van der Waals surface area contributed by atoms with Crippen LogP contribution in [0.5, 0.6) is 5.75 Å². The van der Waals surface area contributed by atoms with Crippen molar-refractivity contribution in [1.82, 2.24) is 20.2 Å². The van der Waals surface area contributed by atoms with Crippen LogP contribution in [0, 0.1) is 5.92 Å². The van der Waals surface area contributed by atoms with Gasteiger partial charge in [0.25, 0.3) is 5.91 Å². The van der Waals surface area contributed by atoms with Gasteiger partial charge in [-0.2, -0.15) is 4.98 Å². The van der Waals surface area contributed by atoms with Crippen LogP contribution < -0.4 is 25.2 Å². The number of piperidine rings is 1. The molecule has 0 bridgehead atoms. The summed E-state index contributed by atoms with van der Waals surface area (Å²) in [6, 6.07) is 5.52. The fourth-order valence-corrected chi connectivity index (χ4v) is 4.80. The minimum atomic E-state index is -0.0981. The Morgan fingerprint density at radius 2 is 1.92 bits per heavy atom. The lowest BCUT2D eigenvalue weighted by Gasteiger charge is -2.29. The molecule has 0 atom stereocenters. The van der Waals surface area contributed by atoms with Crippen LogP contribution >= 0.6 is 0 Å². The molecule has 10 heteroatoms. The molecule has 2 fully saturated rings. The first kappa shape index (κ1) is 24.3. The molecule has 2 aromatic rings. The van der Waals surface area contributed by atoms with E-state index in [2.05, 4.69) is 32.5 Å². The van der Waals surface area contributed by atoms with Crippen LogP contribution in [0.3, 0.4) is 0 Å². The molecule has 1 aromatic heterocycles. The number of hydrogen-bond acceptors (Lipinski definition) is 8. The molecule has 1 aliphatic carbocycles. The van der Waals surface area contributed by atoms with Crippen LogP contribution in [0.2, 0.25) is 0 Å². The molecule has 192 valence electrons. The molecule has 0 spiro atoms. The first-order valence-corrected chi connectivity index (χ1v) is 12.7. The van der Waals surface area contributed by atoms with Gasteiger partial charge in [0.05, 0.1) is 19.0 Å². The van der Waals surface area contributed by atoms with Crippen LogP contribution in [0.15, 0.2) is 24.4 Å². The normalized spacial score (nSPS) is 19.0. The number of rotatable bonds is 7. The Labute approximate surface area is 212 Å². The van der Waals surface area contributed by atoms with Crippen LogP contribution in [-0.4, -0.2) is 80.1 Å². The SMILES string of the molecule is COc1cc(C(=O)NC2CCN(C)CC2)ccc1Nc1ncc2c(n1)N(CC1CC1)CCC(=O)N2C. The molecule has 0 unspecified atom stereocenters. The second kappa shape index (κ2) is 10.3. The van der Waals surface area contributed by atoms with Crippen molar-refractivity contribution in [2.45, 2.75) is 38.1 Å². The molecule has 1 saturated carbocycles. The summed E-state index contributed by atoms with van der Waals surface area (Å²) in [6.07, 6.45) is 6.50. The first-order chi connectivity index (χ1) is 17.4. The summed E-state index contributed by atoms with van der Waals surface area (Å²) in [4.78, 5) is 40.7. The van der Waals surface area contributed by atoms with E-state index in [0.29, 0.717) is 41.8 Å². The third-order valence-corrected chi connectivity index (χ3v) is 7.32. The van der Waals surface area contributed by atoms with E-state index < -0.39 is 0 Å². The molecular formula is C26H35N7O3. The van der Waals surface area contributed by atoms with Gasteiger partial charge in [0, 0.05) is 38.2 Å². The summed E-state index contributed by atoms with van der Waals surface area (Å²) in [6.45, 7) is 3.52. The molecular weight excluding hydrogens is 458 g/mol. The minimum Gasteiger partial charge on any atom is -0.495 e. The number of carbonyl (C=O) groups is 2.